The highest BCUT2D eigenvalue weighted by atomic mass is 35.5. The van der Waals surface area contributed by atoms with Crippen molar-refractivity contribution < 1.29 is 0 Å². The van der Waals surface area contributed by atoms with Gasteiger partial charge in [0.15, 0.2) is 0 Å². The van der Waals surface area contributed by atoms with Crippen LogP contribution in [0.2, 0.25) is 5.02 Å². The highest BCUT2D eigenvalue weighted by Crippen LogP contribution is 2.31. The summed E-state index contributed by atoms with van der Waals surface area (Å²) >= 11 is 6.36. The average Bonchev–Trinajstić information content (AvgIpc) is 2.45. The van der Waals surface area contributed by atoms with Gasteiger partial charge in [-0.25, -0.2) is 0 Å². The minimum atomic E-state index is 0.360. The molecule has 0 spiro atoms. The van der Waals surface area contributed by atoms with Crippen LogP contribution < -0.4 is 5.32 Å². The zero-order valence-electron chi connectivity index (χ0n) is 13.7. The van der Waals surface area contributed by atoms with Gasteiger partial charge in [-0.05, 0) is 62.5 Å². The summed E-state index contributed by atoms with van der Waals surface area (Å²) in [5, 5.41) is 4.46. The van der Waals surface area contributed by atoms with Crippen LogP contribution in [-0.2, 0) is 0 Å². The summed E-state index contributed by atoms with van der Waals surface area (Å²) in [5.41, 5.74) is 1.76. The van der Waals surface area contributed by atoms with E-state index >= 15 is 0 Å². The maximum Gasteiger partial charge on any atom is 0.0453 e. The third-order valence-corrected chi connectivity index (χ3v) is 5.02. The number of hydrogen-bond acceptors (Lipinski definition) is 2. The number of piperidine rings is 1. The molecule has 1 aliphatic heterocycles. The number of nitrogens with one attached hydrogen (secondary N) is 1. The largest absolute Gasteiger partial charge is 0.310 e. The Morgan fingerprint density at radius 2 is 1.90 bits per heavy atom. The van der Waals surface area contributed by atoms with Crippen molar-refractivity contribution in [3.05, 3.63) is 34.9 Å². The lowest BCUT2D eigenvalue weighted by Crippen LogP contribution is -2.39. The van der Waals surface area contributed by atoms with Crippen molar-refractivity contribution in [2.75, 3.05) is 26.2 Å². The van der Waals surface area contributed by atoms with Crippen LogP contribution in [0.5, 0.6) is 0 Å². The maximum atomic E-state index is 6.36. The van der Waals surface area contributed by atoms with Crippen molar-refractivity contribution in [2.45, 2.75) is 46.1 Å². The molecular formula is C18H29ClN2. The second kappa shape index (κ2) is 7.62. The first-order chi connectivity index (χ1) is 10.0. The minimum absolute atomic E-state index is 0.360. The third kappa shape index (κ3) is 4.98. The normalized spacial score (nSPS) is 20.4. The van der Waals surface area contributed by atoms with Crippen LogP contribution in [0.1, 0.15) is 51.6 Å². The van der Waals surface area contributed by atoms with E-state index in [1.54, 1.807) is 0 Å². The van der Waals surface area contributed by atoms with Crippen LogP contribution >= 0.6 is 11.6 Å². The second-order valence-corrected chi connectivity index (χ2v) is 7.33. The lowest BCUT2D eigenvalue weighted by molar-refractivity contribution is 0.128. The van der Waals surface area contributed by atoms with Crippen molar-refractivity contribution in [1.29, 1.82) is 0 Å². The van der Waals surface area contributed by atoms with E-state index < -0.39 is 0 Å². The number of hydrogen-bond donors (Lipinski definition) is 1. The molecular weight excluding hydrogens is 280 g/mol. The molecule has 1 saturated heterocycles. The lowest BCUT2D eigenvalue weighted by atomic mass is 9.82. The quantitative estimate of drug-likeness (QED) is 0.832. The van der Waals surface area contributed by atoms with Gasteiger partial charge >= 0.3 is 0 Å². The van der Waals surface area contributed by atoms with Crippen LogP contribution in [0.4, 0.5) is 0 Å². The van der Waals surface area contributed by atoms with Crippen LogP contribution in [-0.4, -0.2) is 31.1 Å². The van der Waals surface area contributed by atoms with Gasteiger partial charge in [-0.2, -0.15) is 0 Å². The molecule has 21 heavy (non-hydrogen) atoms. The summed E-state index contributed by atoms with van der Waals surface area (Å²) in [7, 11) is 0. The van der Waals surface area contributed by atoms with E-state index in [1.165, 1.54) is 31.5 Å². The molecule has 3 heteroatoms. The van der Waals surface area contributed by atoms with Crippen molar-refractivity contribution in [3.63, 3.8) is 0 Å². The lowest BCUT2D eigenvalue weighted by Gasteiger charge is -2.37. The Balaban J connectivity index is 1.91. The van der Waals surface area contributed by atoms with E-state index in [4.69, 9.17) is 11.6 Å². The molecule has 0 radical (unpaired) electrons. The number of nitrogens with zero attached hydrogens (tertiary/aromatic N) is 1. The van der Waals surface area contributed by atoms with Crippen LogP contribution in [0.15, 0.2) is 24.3 Å². The fourth-order valence-electron chi connectivity index (χ4n) is 3.07. The zero-order chi connectivity index (χ0) is 15.3. The smallest absolute Gasteiger partial charge is 0.0453 e. The Bertz CT molecular complexity index is 435. The molecule has 1 unspecified atom stereocenters. The van der Waals surface area contributed by atoms with E-state index in [-0.39, 0.29) is 0 Å². The molecule has 0 bridgehead atoms. The predicted octanol–water partition coefficient (Wildman–Crippen LogP) is 4.50. The Labute approximate surface area is 134 Å². The zero-order valence-corrected chi connectivity index (χ0v) is 14.4. The van der Waals surface area contributed by atoms with Crippen LogP contribution in [0.3, 0.4) is 0 Å². The Hall–Kier alpha value is -0.570. The molecule has 1 heterocycles. The molecule has 1 aromatic carbocycles. The molecule has 0 amide bonds. The van der Waals surface area contributed by atoms with Gasteiger partial charge in [0.2, 0.25) is 0 Å². The van der Waals surface area contributed by atoms with Gasteiger partial charge in [0, 0.05) is 11.1 Å². The standard InChI is InChI=1S/C18H29ClN2/c1-4-20-17(15-7-5-6-8-16(15)19)9-12-21-13-10-18(2,3)11-14-21/h5-8,17,20H,4,9-14H2,1-3H3. The van der Waals surface area contributed by atoms with Gasteiger partial charge in [-0.15, -0.1) is 0 Å². The molecule has 2 nitrogen and oxygen atoms in total. The molecule has 118 valence electrons. The number of likely N-dealkylation sites (tertiary alicyclic amines) is 1. The molecule has 1 N–H and O–H groups in total. The van der Waals surface area contributed by atoms with Crippen LogP contribution in [0, 0.1) is 5.41 Å². The van der Waals surface area contributed by atoms with E-state index in [0.717, 1.165) is 24.5 Å². The first kappa shape index (κ1) is 16.8. The SMILES string of the molecule is CCNC(CCN1CCC(C)(C)CC1)c1ccccc1Cl. The highest BCUT2D eigenvalue weighted by molar-refractivity contribution is 6.31. The average molecular weight is 309 g/mol. The van der Waals surface area contributed by atoms with Crippen molar-refractivity contribution >= 4 is 11.6 Å². The van der Waals surface area contributed by atoms with E-state index in [0.29, 0.717) is 11.5 Å². The summed E-state index contributed by atoms with van der Waals surface area (Å²) in [6.07, 6.45) is 3.74. The number of benzene rings is 1. The molecule has 1 atom stereocenters. The van der Waals surface area contributed by atoms with Gasteiger partial charge in [-0.1, -0.05) is 50.6 Å². The van der Waals surface area contributed by atoms with Gasteiger partial charge in [0.1, 0.15) is 0 Å². The fourth-order valence-corrected chi connectivity index (χ4v) is 3.33. The minimum Gasteiger partial charge on any atom is -0.310 e. The van der Waals surface area contributed by atoms with Crippen LogP contribution in [0.25, 0.3) is 0 Å². The number of halogens is 1. The monoisotopic (exact) mass is 308 g/mol. The molecule has 1 aromatic rings. The highest BCUT2D eigenvalue weighted by Gasteiger charge is 2.25. The number of rotatable bonds is 6. The molecule has 0 saturated carbocycles. The molecule has 0 aromatic heterocycles. The third-order valence-electron chi connectivity index (χ3n) is 4.67. The van der Waals surface area contributed by atoms with Gasteiger partial charge in [0.25, 0.3) is 0 Å². The van der Waals surface area contributed by atoms with Crippen molar-refractivity contribution in [3.8, 4) is 0 Å². The summed E-state index contributed by atoms with van der Waals surface area (Å²) in [5.74, 6) is 0. The fraction of sp³-hybridized carbons (Fsp3) is 0.667. The first-order valence-electron chi connectivity index (χ1n) is 8.22. The van der Waals surface area contributed by atoms with Gasteiger partial charge in [0.05, 0.1) is 0 Å². The van der Waals surface area contributed by atoms with E-state index in [2.05, 4.69) is 43.1 Å². The maximum absolute atomic E-state index is 6.36. The molecule has 0 aliphatic carbocycles. The Morgan fingerprint density at radius 1 is 1.24 bits per heavy atom. The van der Waals surface area contributed by atoms with Gasteiger partial charge in [-0.3, -0.25) is 0 Å². The van der Waals surface area contributed by atoms with E-state index in [1.807, 2.05) is 12.1 Å². The Morgan fingerprint density at radius 3 is 2.52 bits per heavy atom. The van der Waals surface area contributed by atoms with Crippen molar-refractivity contribution in [1.82, 2.24) is 10.2 Å². The van der Waals surface area contributed by atoms with Crippen molar-refractivity contribution in [2.24, 2.45) is 5.41 Å². The summed E-state index contributed by atoms with van der Waals surface area (Å²) in [6, 6.07) is 8.58. The first-order valence-corrected chi connectivity index (χ1v) is 8.60. The topological polar surface area (TPSA) is 15.3 Å². The molecule has 2 rings (SSSR count). The van der Waals surface area contributed by atoms with Gasteiger partial charge < -0.3 is 10.2 Å². The predicted molar refractivity (Wildman–Crippen MR) is 91.9 cm³/mol. The Kier molecular flexibility index (Phi) is 6.09. The summed E-state index contributed by atoms with van der Waals surface area (Å²) < 4.78 is 0. The molecule has 1 fully saturated rings. The summed E-state index contributed by atoms with van der Waals surface area (Å²) in [6.45, 7) is 11.5. The molecule has 1 aliphatic rings. The second-order valence-electron chi connectivity index (χ2n) is 6.93. The van der Waals surface area contributed by atoms with E-state index in [9.17, 15) is 0 Å². The summed E-state index contributed by atoms with van der Waals surface area (Å²) in [4.78, 5) is 2.60.